The van der Waals surface area contributed by atoms with Crippen molar-refractivity contribution in [2.45, 2.75) is 13.8 Å². The van der Waals surface area contributed by atoms with Crippen molar-refractivity contribution in [1.82, 2.24) is 0 Å². The number of hydrogen-bond acceptors (Lipinski definition) is 4. The SMILES string of the molecule is Cc1ccc(C(=O)[O-])cc1.Cc1ccc(C(=O)[O-])cc1.[Cd+2]. The summed E-state index contributed by atoms with van der Waals surface area (Å²) in [5.41, 5.74) is 2.55. The normalized spacial score (nSPS) is 8.86. The van der Waals surface area contributed by atoms with Crippen LogP contribution in [0.4, 0.5) is 0 Å². The van der Waals surface area contributed by atoms with Crippen molar-refractivity contribution in [2.24, 2.45) is 0 Å². The first-order valence-corrected chi connectivity index (χ1v) is 5.96. The Kier molecular flexibility index (Phi) is 8.53. The first-order valence-electron chi connectivity index (χ1n) is 5.96. The molecule has 0 bridgehead atoms. The standard InChI is InChI=1S/2C8H8O2.Cd/c2*1-6-2-4-7(5-3-6)8(9)10;/h2*2-5H,1H3,(H,9,10);/q;;+2/p-2. The second kappa shape index (κ2) is 9.28. The zero-order valence-corrected chi connectivity index (χ0v) is 16.0. The molecule has 0 atom stereocenters. The zero-order valence-electron chi connectivity index (χ0n) is 12.0. The number of carbonyl (C=O) groups is 2. The molecule has 104 valence electrons. The van der Waals surface area contributed by atoms with E-state index in [0.29, 0.717) is 0 Å². The molecule has 0 aromatic heterocycles. The van der Waals surface area contributed by atoms with Crippen LogP contribution in [0.15, 0.2) is 48.5 Å². The summed E-state index contributed by atoms with van der Waals surface area (Å²) in [6.45, 7) is 3.80. The van der Waals surface area contributed by atoms with Gasteiger partial charge in [0.25, 0.3) is 0 Å². The van der Waals surface area contributed by atoms with E-state index in [-0.39, 0.29) is 38.4 Å². The average Bonchev–Trinajstić information content (AvgIpc) is 2.40. The molecular formula is C16H14CdO4. The molecule has 4 nitrogen and oxygen atoms in total. The van der Waals surface area contributed by atoms with Gasteiger partial charge in [-0.15, -0.1) is 0 Å². The van der Waals surface area contributed by atoms with Gasteiger partial charge in [0.05, 0.1) is 11.9 Å². The Hall–Kier alpha value is -1.70. The van der Waals surface area contributed by atoms with E-state index in [2.05, 4.69) is 0 Å². The number of benzene rings is 2. The molecule has 0 saturated heterocycles. The molecule has 0 aliphatic rings. The number of rotatable bonds is 2. The molecule has 5 heteroatoms. The fourth-order valence-electron chi connectivity index (χ4n) is 1.38. The fraction of sp³-hybridized carbons (Fsp3) is 0.125. The molecular weight excluding hydrogens is 369 g/mol. The van der Waals surface area contributed by atoms with E-state index in [1.165, 1.54) is 24.3 Å². The number of aromatic carboxylic acids is 2. The van der Waals surface area contributed by atoms with Gasteiger partial charge in [-0.05, 0) is 25.0 Å². The number of aryl methyl sites for hydroxylation is 2. The predicted molar refractivity (Wildman–Crippen MR) is 71.0 cm³/mol. The maximum absolute atomic E-state index is 10.2. The van der Waals surface area contributed by atoms with E-state index in [1.807, 2.05) is 13.8 Å². The van der Waals surface area contributed by atoms with Crippen molar-refractivity contribution in [3.05, 3.63) is 70.8 Å². The van der Waals surface area contributed by atoms with Gasteiger partial charge < -0.3 is 19.8 Å². The molecule has 21 heavy (non-hydrogen) atoms. The van der Waals surface area contributed by atoms with Crippen molar-refractivity contribution in [1.29, 1.82) is 0 Å². The molecule has 2 rings (SSSR count). The van der Waals surface area contributed by atoms with Gasteiger partial charge >= 0.3 is 27.3 Å². The second-order valence-corrected chi connectivity index (χ2v) is 4.31. The molecule has 0 N–H and O–H groups in total. The van der Waals surface area contributed by atoms with Crippen molar-refractivity contribution in [3.8, 4) is 0 Å². The van der Waals surface area contributed by atoms with E-state index in [1.54, 1.807) is 24.3 Å². The van der Waals surface area contributed by atoms with Crippen LogP contribution in [-0.2, 0) is 27.3 Å². The van der Waals surface area contributed by atoms with E-state index >= 15 is 0 Å². The summed E-state index contributed by atoms with van der Waals surface area (Å²) in [4.78, 5) is 20.4. The minimum absolute atomic E-state index is 0. The number of carbonyl (C=O) groups excluding carboxylic acids is 2. The van der Waals surface area contributed by atoms with Gasteiger partial charge in [0.1, 0.15) is 0 Å². The third-order valence-electron chi connectivity index (χ3n) is 2.57. The quantitative estimate of drug-likeness (QED) is 0.717. The van der Waals surface area contributed by atoms with E-state index in [9.17, 15) is 19.8 Å². The molecule has 0 aliphatic heterocycles. The smallest absolute Gasteiger partial charge is 0.545 e. The van der Waals surface area contributed by atoms with Crippen LogP contribution in [0.1, 0.15) is 31.8 Å². The second-order valence-electron chi connectivity index (χ2n) is 4.31. The topological polar surface area (TPSA) is 80.3 Å². The maximum Gasteiger partial charge on any atom is 2.00 e. The van der Waals surface area contributed by atoms with Crippen LogP contribution in [-0.4, -0.2) is 11.9 Å². The van der Waals surface area contributed by atoms with Gasteiger partial charge in [-0.2, -0.15) is 0 Å². The van der Waals surface area contributed by atoms with Crippen molar-refractivity contribution in [2.75, 3.05) is 0 Å². The summed E-state index contributed by atoms with van der Waals surface area (Å²) < 4.78 is 0. The molecule has 2 aromatic carbocycles. The van der Waals surface area contributed by atoms with Crippen LogP contribution in [0.5, 0.6) is 0 Å². The van der Waals surface area contributed by atoms with Crippen LogP contribution in [0.25, 0.3) is 0 Å². The predicted octanol–water partition coefficient (Wildman–Crippen LogP) is 0.715. The average molecular weight is 383 g/mol. The van der Waals surface area contributed by atoms with Gasteiger partial charge in [-0.25, -0.2) is 0 Å². The van der Waals surface area contributed by atoms with Crippen LogP contribution in [0.3, 0.4) is 0 Å². The Balaban J connectivity index is 0.000000364. The van der Waals surface area contributed by atoms with E-state index < -0.39 is 11.9 Å². The minimum Gasteiger partial charge on any atom is -0.545 e. The molecule has 0 heterocycles. The van der Waals surface area contributed by atoms with Gasteiger partial charge in [0.15, 0.2) is 0 Å². The third-order valence-corrected chi connectivity index (χ3v) is 2.57. The molecule has 0 amide bonds. The van der Waals surface area contributed by atoms with Crippen molar-refractivity contribution >= 4 is 11.9 Å². The van der Waals surface area contributed by atoms with Crippen LogP contribution in [0.2, 0.25) is 0 Å². The first-order chi connectivity index (χ1) is 9.40. The summed E-state index contributed by atoms with van der Waals surface area (Å²) in [5, 5.41) is 20.4. The zero-order chi connectivity index (χ0) is 15.1. The van der Waals surface area contributed by atoms with Crippen LogP contribution in [0, 0.1) is 13.8 Å². The summed E-state index contributed by atoms with van der Waals surface area (Å²) in [6, 6.07) is 13.1. The first kappa shape index (κ1) is 19.3. The fourth-order valence-corrected chi connectivity index (χ4v) is 1.38. The van der Waals surface area contributed by atoms with Gasteiger partial charge in [-0.1, -0.05) is 59.7 Å². The van der Waals surface area contributed by atoms with E-state index in [0.717, 1.165) is 11.1 Å². The molecule has 0 unspecified atom stereocenters. The maximum atomic E-state index is 10.2. The molecule has 0 aliphatic carbocycles. The Labute approximate surface area is 143 Å². The number of hydrogen-bond donors (Lipinski definition) is 0. The van der Waals surface area contributed by atoms with Crippen LogP contribution < -0.4 is 10.2 Å². The summed E-state index contributed by atoms with van der Waals surface area (Å²) in [6.07, 6.45) is 0. The Morgan fingerprint density at radius 2 is 0.905 bits per heavy atom. The Morgan fingerprint density at radius 1 is 0.667 bits per heavy atom. The summed E-state index contributed by atoms with van der Waals surface area (Å²) in [7, 11) is 0. The molecule has 0 spiro atoms. The Bertz CT molecular complexity index is 533. The summed E-state index contributed by atoms with van der Waals surface area (Å²) in [5.74, 6) is -2.25. The van der Waals surface area contributed by atoms with Crippen molar-refractivity contribution < 1.29 is 47.1 Å². The number of carboxylic acid groups (broad SMARTS) is 2. The Morgan fingerprint density at radius 3 is 1.10 bits per heavy atom. The molecule has 0 saturated carbocycles. The molecule has 0 radical (unpaired) electrons. The monoisotopic (exact) mass is 384 g/mol. The van der Waals surface area contributed by atoms with Gasteiger partial charge in [0, 0.05) is 0 Å². The van der Waals surface area contributed by atoms with Crippen molar-refractivity contribution in [3.63, 3.8) is 0 Å². The molecule has 0 fully saturated rings. The largest absolute Gasteiger partial charge is 2.00 e. The summed E-state index contributed by atoms with van der Waals surface area (Å²) >= 11 is 0. The van der Waals surface area contributed by atoms with Gasteiger partial charge in [-0.3, -0.25) is 0 Å². The van der Waals surface area contributed by atoms with Crippen LogP contribution >= 0.6 is 0 Å². The third kappa shape index (κ3) is 7.03. The molecule has 2 aromatic rings. The number of carboxylic acids is 2. The van der Waals surface area contributed by atoms with E-state index in [4.69, 9.17) is 0 Å². The minimum atomic E-state index is -1.12. The van der Waals surface area contributed by atoms with Gasteiger partial charge in [0.2, 0.25) is 0 Å².